The molecule has 0 heterocycles. The van der Waals surface area contributed by atoms with Crippen LogP contribution in [0, 0.1) is 0 Å². The Morgan fingerprint density at radius 2 is 1.95 bits per heavy atom. The third-order valence-electron chi connectivity index (χ3n) is 2.87. The Hall–Kier alpha value is -2.08. The second-order valence-electron chi connectivity index (χ2n) is 4.61. The van der Waals surface area contributed by atoms with Crippen LogP contribution in [0.2, 0.25) is 5.02 Å². The smallest absolute Gasteiger partial charge is 0.337 e. The second-order valence-corrected chi connectivity index (χ2v) is 5.02. The quantitative estimate of drug-likeness (QED) is 0.753. The summed E-state index contributed by atoms with van der Waals surface area (Å²) < 4.78 is 4.60. The number of hydrogen-bond acceptors (Lipinski definition) is 4. The van der Waals surface area contributed by atoms with Gasteiger partial charge in [-0.1, -0.05) is 24.9 Å². The number of carbonyl (C=O) groups is 3. The first-order chi connectivity index (χ1) is 10.5. The molecule has 2 amide bonds. The number of esters is 1. The van der Waals surface area contributed by atoms with Crippen molar-refractivity contribution in [2.24, 2.45) is 0 Å². The Morgan fingerprint density at radius 1 is 1.23 bits per heavy atom. The highest BCUT2D eigenvalue weighted by Gasteiger charge is 2.12. The summed E-state index contributed by atoms with van der Waals surface area (Å²) in [6, 6.07) is 4.41. The van der Waals surface area contributed by atoms with Gasteiger partial charge in [-0.2, -0.15) is 0 Å². The van der Waals surface area contributed by atoms with Crippen LogP contribution in [0.4, 0.5) is 5.69 Å². The lowest BCUT2D eigenvalue weighted by Crippen LogP contribution is -2.32. The number of rotatable bonds is 7. The minimum absolute atomic E-state index is 0.151. The second kappa shape index (κ2) is 9.04. The van der Waals surface area contributed by atoms with E-state index in [0.29, 0.717) is 11.4 Å². The zero-order valence-corrected chi connectivity index (χ0v) is 13.3. The van der Waals surface area contributed by atoms with Gasteiger partial charge >= 0.3 is 5.97 Å². The maximum absolute atomic E-state index is 11.8. The van der Waals surface area contributed by atoms with Gasteiger partial charge in [-0.25, -0.2) is 4.79 Å². The summed E-state index contributed by atoms with van der Waals surface area (Å²) in [6.45, 7) is 1.83. The molecule has 0 bridgehead atoms. The number of hydrogen-bond donors (Lipinski definition) is 2. The van der Waals surface area contributed by atoms with Crippen LogP contribution in [0.5, 0.6) is 0 Å². The maximum Gasteiger partial charge on any atom is 0.337 e. The van der Waals surface area contributed by atoms with Crippen molar-refractivity contribution in [2.45, 2.75) is 26.2 Å². The first-order valence-corrected chi connectivity index (χ1v) is 7.30. The lowest BCUT2D eigenvalue weighted by Gasteiger charge is -2.09. The van der Waals surface area contributed by atoms with Gasteiger partial charge in [0.15, 0.2) is 0 Å². The van der Waals surface area contributed by atoms with E-state index in [0.717, 1.165) is 12.8 Å². The van der Waals surface area contributed by atoms with Crippen molar-refractivity contribution < 1.29 is 19.1 Å². The van der Waals surface area contributed by atoms with Crippen molar-refractivity contribution in [1.29, 1.82) is 0 Å². The molecule has 1 rings (SSSR count). The first kappa shape index (κ1) is 18.0. The van der Waals surface area contributed by atoms with Crippen LogP contribution in [0.25, 0.3) is 0 Å². The number of anilines is 1. The van der Waals surface area contributed by atoms with Gasteiger partial charge in [-0.15, -0.1) is 0 Å². The fourth-order valence-electron chi connectivity index (χ4n) is 1.66. The zero-order valence-electron chi connectivity index (χ0n) is 12.6. The molecular formula is C15H19ClN2O4. The average molecular weight is 327 g/mol. The minimum Gasteiger partial charge on any atom is -0.465 e. The summed E-state index contributed by atoms with van der Waals surface area (Å²) >= 11 is 5.97. The number of nitrogens with one attached hydrogen (secondary N) is 2. The zero-order chi connectivity index (χ0) is 16.5. The largest absolute Gasteiger partial charge is 0.465 e. The number of methoxy groups -OCH3 is 1. The number of unbranched alkanes of at least 4 members (excludes halogenated alkanes) is 1. The normalized spacial score (nSPS) is 9.95. The highest BCUT2D eigenvalue weighted by molar-refractivity contribution is 6.33. The molecular weight excluding hydrogens is 308 g/mol. The molecule has 120 valence electrons. The molecule has 0 fully saturated rings. The van der Waals surface area contributed by atoms with Gasteiger partial charge in [0.25, 0.3) is 0 Å². The molecule has 7 heteroatoms. The van der Waals surface area contributed by atoms with Crippen molar-refractivity contribution in [3.05, 3.63) is 28.8 Å². The Bertz CT molecular complexity index is 560. The minimum atomic E-state index is -0.528. The van der Waals surface area contributed by atoms with E-state index in [9.17, 15) is 14.4 Å². The van der Waals surface area contributed by atoms with Crippen molar-refractivity contribution in [3.63, 3.8) is 0 Å². The van der Waals surface area contributed by atoms with E-state index in [4.69, 9.17) is 11.6 Å². The molecule has 0 saturated carbocycles. The molecule has 0 saturated heterocycles. The molecule has 0 aromatic heterocycles. The van der Waals surface area contributed by atoms with Crippen LogP contribution >= 0.6 is 11.6 Å². The van der Waals surface area contributed by atoms with E-state index in [1.165, 1.54) is 25.3 Å². The third-order valence-corrected chi connectivity index (χ3v) is 3.19. The molecule has 0 aliphatic carbocycles. The number of amides is 2. The summed E-state index contributed by atoms with van der Waals surface area (Å²) in [4.78, 5) is 34.7. The van der Waals surface area contributed by atoms with Gasteiger partial charge in [0.05, 0.1) is 29.9 Å². The standard InChI is InChI=1S/C15H19ClN2O4/c1-3-4-5-13(19)17-9-14(20)18-12-8-10(15(21)22-2)6-7-11(12)16/h6-8H,3-5,9H2,1-2H3,(H,17,19)(H,18,20). The monoisotopic (exact) mass is 326 g/mol. The average Bonchev–Trinajstić information content (AvgIpc) is 2.52. The SMILES string of the molecule is CCCCC(=O)NCC(=O)Nc1cc(C(=O)OC)ccc1Cl. The van der Waals surface area contributed by atoms with E-state index in [-0.39, 0.29) is 23.7 Å². The fraction of sp³-hybridized carbons (Fsp3) is 0.400. The van der Waals surface area contributed by atoms with E-state index < -0.39 is 11.9 Å². The molecule has 6 nitrogen and oxygen atoms in total. The Morgan fingerprint density at radius 3 is 2.59 bits per heavy atom. The van der Waals surface area contributed by atoms with Gasteiger partial charge in [0.2, 0.25) is 11.8 Å². The van der Waals surface area contributed by atoms with Crippen LogP contribution in [0.15, 0.2) is 18.2 Å². The highest BCUT2D eigenvalue weighted by Crippen LogP contribution is 2.23. The summed E-state index contributed by atoms with van der Waals surface area (Å²) in [7, 11) is 1.26. The first-order valence-electron chi connectivity index (χ1n) is 6.92. The Labute approximate surface area is 134 Å². The van der Waals surface area contributed by atoms with Gasteiger partial charge in [-0.05, 0) is 24.6 Å². The van der Waals surface area contributed by atoms with E-state index in [2.05, 4.69) is 15.4 Å². The van der Waals surface area contributed by atoms with Gasteiger partial charge in [0, 0.05) is 6.42 Å². The predicted molar refractivity (Wildman–Crippen MR) is 84.0 cm³/mol. The van der Waals surface area contributed by atoms with E-state index in [1.807, 2.05) is 6.92 Å². The molecule has 22 heavy (non-hydrogen) atoms. The molecule has 0 radical (unpaired) electrons. The molecule has 1 aromatic carbocycles. The maximum atomic E-state index is 11.8. The van der Waals surface area contributed by atoms with E-state index >= 15 is 0 Å². The molecule has 0 unspecified atom stereocenters. The molecule has 0 spiro atoms. The van der Waals surface area contributed by atoms with Crippen LogP contribution in [0.3, 0.4) is 0 Å². The van der Waals surface area contributed by atoms with Crippen LogP contribution in [-0.4, -0.2) is 31.4 Å². The van der Waals surface area contributed by atoms with Gasteiger partial charge < -0.3 is 15.4 Å². The molecule has 2 N–H and O–H groups in total. The number of halogens is 1. The lowest BCUT2D eigenvalue weighted by molar-refractivity contribution is -0.124. The molecule has 0 atom stereocenters. The molecule has 0 aliphatic rings. The fourth-order valence-corrected chi connectivity index (χ4v) is 1.83. The van der Waals surface area contributed by atoms with Crippen LogP contribution < -0.4 is 10.6 Å². The molecule has 0 aliphatic heterocycles. The van der Waals surface area contributed by atoms with Crippen LogP contribution in [0.1, 0.15) is 36.5 Å². The summed E-state index contributed by atoms with van der Waals surface area (Å²) in [5.41, 5.74) is 0.562. The summed E-state index contributed by atoms with van der Waals surface area (Å²) in [6.07, 6.45) is 2.08. The third kappa shape index (κ3) is 5.73. The van der Waals surface area contributed by atoms with Crippen molar-refractivity contribution in [1.82, 2.24) is 5.32 Å². The van der Waals surface area contributed by atoms with Crippen molar-refractivity contribution in [2.75, 3.05) is 19.0 Å². The molecule has 1 aromatic rings. The van der Waals surface area contributed by atoms with Gasteiger partial charge in [0.1, 0.15) is 0 Å². The van der Waals surface area contributed by atoms with Gasteiger partial charge in [-0.3, -0.25) is 9.59 Å². The van der Waals surface area contributed by atoms with Crippen molar-refractivity contribution in [3.8, 4) is 0 Å². The Balaban J connectivity index is 2.60. The number of ether oxygens (including phenoxy) is 1. The van der Waals surface area contributed by atoms with Crippen molar-refractivity contribution >= 4 is 35.1 Å². The highest BCUT2D eigenvalue weighted by atomic mass is 35.5. The lowest BCUT2D eigenvalue weighted by atomic mass is 10.2. The van der Waals surface area contributed by atoms with Crippen LogP contribution in [-0.2, 0) is 14.3 Å². The summed E-state index contributed by atoms with van der Waals surface area (Å²) in [5.74, 6) is -1.12. The number of carbonyl (C=O) groups excluding carboxylic acids is 3. The predicted octanol–water partition coefficient (Wildman–Crippen LogP) is 2.37. The Kier molecular flexibility index (Phi) is 7.39. The number of benzene rings is 1. The summed E-state index contributed by atoms with van der Waals surface area (Å²) in [5, 5.41) is 5.36. The van der Waals surface area contributed by atoms with E-state index in [1.54, 1.807) is 0 Å². The topological polar surface area (TPSA) is 84.5 Å².